The predicted molar refractivity (Wildman–Crippen MR) is 153 cm³/mol. The molecular formula is C22H30N10O12P2. The minimum Gasteiger partial charge on any atom is -0.394 e. The van der Waals surface area contributed by atoms with Gasteiger partial charge in [-0.25, -0.2) is 29.9 Å². The fourth-order valence-electron chi connectivity index (χ4n) is 5.22. The average Bonchev–Trinajstić information content (AvgIpc) is 3.78. The number of aliphatic hydroxyl groups is 3. The van der Waals surface area contributed by atoms with E-state index in [1.165, 1.54) is 34.4 Å². The van der Waals surface area contributed by atoms with Gasteiger partial charge >= 0.3 is 7.60 Å². The number of nitrogens with two attached hydrogens (primary N) is 2. The fourth-order valence-corrected chi connectivity index (χ4v) is 6.37. The van der Waals surface area contributed by atoms with Crippen molar-refractivity contribution in [2.45, 2.75) is 49.1 Å². The van der Waals surface area contributed by atoms with Crippen LogP contribution in [-0.4, -0.2) is 127 Å². The summed E-state index contributed by atoms with van der Waals surface area (Å²) in [6.45, 7) is -1.24. The van der Waals surface area contributed by atoms with E-state index in [0.717, 1.165) is 0 Å². The van der Waals surface area contributed by atoms with Gasteiger partial charge in [0, 0.05) is 0 Å². The quantitative estimate of drug-likeness (QED) is 0.0769. The van der Waals surface area contributed by atoms with Gasteiger partial charge in [-0.3, -0.25) is 18.3 Å². The van der Waals surface area contributed by atoms with Gasteiger partial charge in [-0.1, -0.05) is 0 Å². The second-order valence-electron chi connectivity index (χ2n) is 10.3. The van der Waals surface area contributed by atoms with Crippen LogP contribution in [0.15, 0.2) is 25.3 Å². The number of rotatable bonds is 12. The number of ether oxygens (including phenoxy) is 4. The Labute approximate surface area is 258 Å². The predicted octanol–water partition coefficient (Wildman–Crippen LogP) is -2.31. The molecule has 9 N–H and O–H groups in total. The summed E-state index contributed by atoms with van der Waals surface area (Å²) in [5.74, 6) is 0.160. The highest BCUT2D eigenvalue weighted by atomic mass is 31.2. The van der Waals surface area contributed by atoms with Crippen LogP contribution in [0.4, 0.5) is 11.6 Å². The van der Waals surface area contributed by atoms with E-state index in [2.05, 4.69) is 29.9 Å². The molecule has 2 aliphatic rings. The Kier molecular flexibility index (Phi) is 9.31. The average molecular weight is 688 g/mol. The van der Waals surface area contributed by atoms with Crippen molar-refractivity contribution < 1.29 is 57.7 Å². The first kappa shape index (κ1) is 32.7. The molecule has 46 heavy (non-hydrogen) atoms. The lowest BCUT2D eigenvalue weighted by atomic mass is 10.1. The lowest BCUT2D eigenvalue weighted by Crippen LogP contribution is -2.36. The van der Waals surface area contributed by atoms with Crippen LogP contribution in [0.2, 0.25) is 0 Å². The van der Waals surface area contributed by atoms with E-state index in [9.17, 15) is 34.2 Å². The molecule has 0 radical (unpaired) electrons. The summed E-state index contributed by atoms with van der Waals surface area (Å²) in [4.78, 5) is 44.2. The third kappa shape index (κ3) is 6.22. The zero-order valence-electron chi connectivity index (χ0n) is 23.5. The van der Waals surface area contributed by atoms with Crippen LogP contribution in [-0.2, 0) is 32.6 Å². The Morgan fingerprint density at radius 1 is 0.870 bits per heavy atom. The van der Waals surface area contributed by atoms with Crippen molar-refractivity contribution in [3.63, 3.8) is 0 Å². The Morgan fingerprint density at radius 3 is 1.93 bits per heavy atom. The van der Waals surface area contributed by atoms with E-state index in [-0.39, 0.29) is 34.0 Å². The summed E-state index contributed by atoms with van der Waals surface area (Å²) < 4.78 is 55.2. The molecular weight excluding hydrogens is 658 g/mol. The normalized spacial score (nSPS) is 30.3. The van der Waals surface area contributed by atoms with E-state index >= 15 is 0 Å². The van der Waals surface area contributed by atoms with Gasteiger partial charge in [-0.15, -0.1) is 0 Å². The van der Waals surface area contributed by atoms with E-state index in [1.807, 2.05) is 0 Å². The van der Waals surface area contributed by atoms with Crippen molar-refractivity contribution in [1.29, 1.82) is 0 Å². The van der Waals surface area contributed by atoms with Gasteiger partial charge in [0.05, 0.1) is 25.9 Å². The molecule has 0 amide bonds. The van der Waals surface area contributed by atoms with Crippen molar-refractivity contribution >= 4 is 49.6 Å². The molecule has 4 aromatic heterocycles. The molecule has 2 aliphatic heterocycles. The maximum Gasteiger partial charge on any atom is 0.353 e. The number of fused-ring (bicyclic) bond motifs is 2. The van der Waals surface area contributed by atoms with E-state index in [0.29, 0.717) is 0 Å². The van der Waals surface area contributed by atoms with Crippen LogP contribution in [0, 0.1) is 0 Å². The first-order chi connectivity index (χ1) is 22.0. The number of imidazole rings is 2. The van der Waals surface area contributed by atoms with E-state index in [1.54, 1.807) is 0 Å². The van der Waals surface area contributed by atoms with Crippen molar-refractivity contribution in [3.05, 3.63) is 25.3 Å². The molecule has 0 spiro atoms. The Bertz CT molecular complexity index is 1780. The van der Waals surface area contributed by atoms with Crippen LogP contribution in [0.3, 0.4) is 0 Å². The van der Waals surface area contributed by atoms with E-state index in [4.69, 9.17) is 34.9 Å². The minimum atomic E-state index is -4.61. The summed E-state index contributed by atoms with van der Waals surface area (Å²) >= 11 is 0. The highest BCUT2D eigenvalue weighted by Gasteiger charge is 2.49. The topological polar surface area (TPSA) is 321 Å². The number of nitrogens with zero attached hydrogens (tertiary/aromatic N) is 8. The Hall–Kier alpha value is -3.24. The number of hydrogen-bond donors (Lipinski definition) is 7. The van der Waals surface area contributed by atoms with Gasteiger partial charge in [0.25, 0.3) is 0 Å². The third-order valence-electron chi connectivity index (χ3n) is 7.40. The molecule has 4 aromatic rings. The first-order valence-electron chi connectivity index (χ1n) is 13.5. The lowest BCUT2D eigenvalue weighted by Gasteiger charge is -2.24. The smallest absolute Gasteiger partial charge is 0.353 e. The molecule has 24 heteroatoms. The molecule has 0 aromatic carbocycles. The molecule has 0 bridgehead atoms. The maximum absolute atomic E-state index is 13.1. The molecule has 2 saturated heterocycles. The van der Waals surface area contributed by atoms with Crippen LogP contribution < -0.4 is 11.5 Å². The number of aromatic nitrogens is 8. The second-order valence-corrected chi connectivity index (χ2v) is 13.2. The minimum absolute atomic E-state index is 0.0743. The van der Waals surface area contributed by atoms with Gasteiger partial charge in [0.15, 0.2) is 35.4 Å². The summed E-state index contributed by atoms with van der Waals surface area (Å²) in [6, 6.07) is 0. The van der Waals surface area contributed by atoms with Crippen molar-refractivity contribution in [2.24, 2.45) is 0 Å². The van der Waals surface area contributed by atoms with Gasteiger partial charge in [-0.2, -0.15) is 0 Å². The molecule has 250 valence electrons. The zero-order valence-corrected chi connectivity index (χ0v) is 25.4. The van der Waals surface area contributed by atoms with Gasteiger partial charge in [0.1, 0.15) is 73.0 Å². The first-order valence-corrected chi connectivity index (χ1v) is 16.9. The largest absolute Gasteiger partial charge is 0.394 e. The van der Waals surface area contributed by atoms with Crippen molar-refractivity contribution in [1.82, 2.24) is 39.0 Å². The van der Waals surface area contributed by atoms with Crippen LogP contribution >= 0.6 is 15.6 Å². The molecule has 22 nitrogen and oxygen atoms in total. The maximum atomic E-state index is 13.1. The molecule has 6 rings (SSSR count). The standard InChI is InChI=1S/C22H30N10O12P2/c23-17-11-19(27-3-25-17)31(5-29-11)21-15(40-7-45(36)37)14(35)10(44-21)2-42-46(38,39)8-41-16-13(34)9(1-33)43-22(16)32-6-30-12-18(24)26-4-28-20(12)32/h3-6,9-10,13-16,21-22,33-35,45H,1-2,7-8H2,(H,36,37)(H,38,39)(H2,23,25,27)(H2,24,26,28)/t9-,10-,13?,14?,15?,16?,21-,22-/m1/s1. The summed E-state index contributed by atoms with van der Waals surface area (Å²) in [6.07, 6.45) is -6.76. The molecule has 6 unspecified atom stereocenters. The van der Waals surface area contributed by atoms with Crippen molar-refractivity contribution in [2.75, 3.05) is 37.4 Å². The highest BCUT2D eigenvalue weighted by Crippen LogP contribution is 2.46. The van der Waals surface area contributed by atoms with E-state index < -0.39 is 90.6 Å². The number of anilines is 2. The molecule has 10 atom stereocenters. The third-order valence-corrected chi connectivity index (χ3v) is 8.84. The van der Waals surface area contributed by atoms with Gasteiger partial charge in [-0.05, 0) is 0 Å². The summed E-state index contributed by atoms with van der Waals surface area (Å²) in [5, 5.41) is 31.5. The van der Waals surface area contributed by atoms with Crippen LogP contribution in [0.5, 0.6) is 0 Å². The molecule has 0 saturated carbocycles. The Balaban J connectivity index is 1.15. The SMILES string of the molecule is Nc1ncnc2c1ncn2[C@@H]1O[C@H](CO)C(O)C1OCP(=O)(O)OC[C@H]1O[C@@H](n2cnc3c(N)ncnc32)C(OC[PH](=O)O)C1O. The summed E-state index contributed by atoms with van der Waals surface area (Å²) in [5.41, 5.74) is 12.6. The number of hydrogen-bond acceptors (Lipinski definition) is 18. The monoisotopic (exact) mass is 688 g/mol. The van der Waals surface area contributed by atoms with Gasteiger partial charge in [0.2, 0.25) is 8.03 Å². The fraction of sp³-hybridized carbons (Fsp3) is 0.545. The van der Waals surface area contributed by atoms with Crippen LogP contribution in [0.1, 0.15) is 12.5 Å². The molecule has 0 aliphatic carbocycles. The van der Waals surface area contributed by atoms with Crippen LogP contribution in [0.25, 0.3) is 22.3 Å². The van der Waals surface area contributed by atoms with Gasteiger partial charge < -0.3 is 60.0 Å². The molecule has 2 fully saturated rings. The number of nitrogen functional groups attached to an aromatic ring is 2. The highest BCUT2D eigenvalue weighted by molar-refractivity contribution is 7.52. The van der Waals surface area contributed by atoms with Crippen molar-refractivity contribution in [3.8, 4) is 0 Å². The zero-order chi connectivity index (χ0) is 32.7. The second kappa shape index (κ2) is 13.1. The summed E-state index contributed by atoms with van der Waals surface area (Å²) in [7, 11) is -7.71. The number of aliphatic hydroxyl groups excluding tert-OH is 3. The lowest BCUT2D eigenvalue weighted by molar-refractivity contribution is -0.0675. The Morgan fingerprint density at radius 2 is 1.39 bits per heavy atom. The molecule has 6 heterocycles.